The molecule has 2 aromatic carbocycles. The van der Waals surface area contributed by atoms with E-state index in [9.17, 15) is 21.6 Å². The number of nitrogens with zero attached hydrogens (tertiary/aromatic N) is 2. The van der Waals surface area contributed by atoms with Crippen molar-refractivity contribution < 1.29 is 35.2 Å². The van der Waals surface area contributed by atoms with Crippen LogP contribution in [0.15, 0.2) is 48.7 Å². The lowest BCUT2D eigenvalue weighted by atomic mass is 10.2. The summed E-state index contributed by atoms with van der Waals surface area (Å²) in [6.07, 6.45) is 0.773. The van der Waals surface area contributed by atoms with Gasteiger partial charge in [0.05, 0.1) is 24.3 Å². The second-order valence-electron chi connectivity index (χ2n) is 5.46. The van der Waals surface area contributed by atoms with Gasteiger partial charge in [-0.15, -0.1) is 0 Å². The zero-order chi connectivity index (χ0) is 20.4. The smallest absolute Gasteiger partial charge is 0.493 e. The number of rotatable bonds is 6. The third-order valence-electron chi connectivity index (χ3n) is 3.52. The standard InChI is InChI=1S/C17H13F3N2O5S/c1-25-14-7-12-13(8-15(14)26-10-11-5-3-2-4-6-11)22-16(9-21-12)27-28(23,24)17(18,19)20/h2-9H,10H2,1H3. The predicted molar refractivity (Wildman–Crippen MR) is 92.5 cm³/mol. The minimum atomic E-state index is -5.85. The van der Waals surface area contributed by atoms with Crippen molar-refractivity contribution >= 4 is 21.2 Å². The molecule has 0 saturated heterocycles. The lowest BCUT2D eigenvalue weighted by Gasteiger charge is -2.12. The van der Waals surface area contributed by atoms with Crippen LogP contribution in [-0.2, 0) is 16.7 Å². The predicted octanol–water partition coefficient (Wildman–Crippen LogP) is 3.45. The van der Waals surface area contributed by atoms with Crippen LogP contribution in [0.5, 0.6) is 17.4 Å². The molecule has 3 rings (SSSR count). The van der Waals surface area contributed by atoms with Gasteiger partial charge in [-0.05, 0) is 5.56 Å². The van der Waals surface area contributed by atoms with Crippen LogP contribution in [0.2, 0.25) is 0 Å². The summed E-state index contributed by atoms with van der Waals surface area (Å²) in [5.74, 6) is -0.234. The average molecular weight is 414 g/mol. The SMILES string of the molecule is COc1cc2ncc(OS(=O)(=O)C(F)(F)F)nc2cc1OCc1ccccc1. The summed E-state index contributed by atoms with van der Waals surface area (Å²) >= 11 is 0. The molecule has 0 bridgehead atoms. The highest BCUT2D eigenvalue weighted by Gasteiger charge is 2.48. The molecule has 0 aliphatic carbocycles. The highest BCUT2D eigenvalue weighted by Crippen LogP contribution is 2.33. The molecule has 1 heterocycles. The van der Waals surface area contributed by atoms with E-state index >= 15 is 0 Å². The Morgan fingerprint density at radius 3 is 2.36 bits per heavy atom. The summed E-state index contributed by atoms with van der Waals surface area (Å²) in [5.41, 5.74) is -4.38. The number of hydrogen-bond acceptors (Lipinski definition) is 7. The van der Waals surface area contributed by atoms with E-state index in [-0.39, 0.29) is 23.4 Å². The van der Waals surface area contributed by atoms with Crippen molar-refractivity contribution in [3.8, 4) is 17.4 Å². The molecular weight excluding hydrogens is 401 g/mol. The molecule has 0 spiro atoms. The number of aromatic nitrogens is 2. The third-order valence-corrected chi connectivity index (χ3v) is 4.48. The van der Waals surface area contributed by atoms with Crippen LogP contribution in [0.4, 0.5) is 13.2 Å². The molecule has 7 nitrogen and oxygen atoms in total. The maximum atomic E-state index is 12.5. The van der Waals surface area contributed by atoms with Crippen molar-refractivity contribution in [2.45, 2.75) is 12.1 Å². The first-order valence-corrected chi connectivity index (χ1v) is 9.13. The zero-order valence-corrected chi connectivity index (χ0v) is 15.1. The topological polar surface area (TPSA) is 87.6 Å². The highest BCUT2D eigenvalue weighted by atomic mass is 32.2. The summed E-state index contributed by atoms with van der Waals surface area (Å²) < 4.78 is 74.5. The minimum Gasteiger partial charge on any atom is -0.493 e. The van der Waals surface area contributed by atoms with Gasteiger partial charge in [0.15, 0.2) is 11.5 Å². The second-order valence-corrected chi connectivity index (χ2v) is 7.00. The molecule has 28 heavy (non-hydrogen) atoms. The van der Waals surface area contributed by atoms with Gasteiger partial charge < -0.3 is 13.7 Å². The van der Waals surface area contributed by atoms with Gasteiger partial charge in [-0.25, -0.2) is 9.97 Å². The van der Waals surface area contributed by atoms with Gasteiger partial charge in [0.1, 0.15) is 6.61 Å². The molecule has 0 aliphatic rings. The molecule has 3 aromatic rings. The van der Waals surface area contributed by atoms with Crippen molar-refractivity contribution in [3.05, 3.63) is 54.2 Å². The van der Waals surface area contributed by atoms with Crippen LogP contribution < -0.4 is 13.7 Å². The molecule has 1 aromatic heterocycles. The Labute approximate surface area is 157 Å². The largest absolute Gasteiger partial charge is 0.534 e. The van der Waals surface area contributed by atoms with Gasteiger partial charge in [0, 0.05) is 12.1 Å². The van der Waals surface area contributed by atoms with Crippen molar-refractivity contribution in [1.29, 1.82) is 0 Å². The van der Waals surface area contributed by atoms with E-state index in [2.05, 4.69) is 14.2 Å². The first-order valence-electron chi connectivity index (χ1n) is 7.72. The first-order chi connectivity index (χ1) is 13.2. The van der Waals surface area contributed by atoms with Crippen LogP contribution in [-0.4, -0.2) is 31.0 Å². The molecule has 0 fully saturated rings. The summed E-state index contributed by atoms with van der Waals surface area (Å²) in [6.45, 7) is 0.203. The molecule has 148 valence electrons. The van der Waals surface area contributed by atoms with E-state index in [0.717, 1.165) is 11.8 Å². The molecule has 0 saturated carbocycles. The summed E-state index contributed by atoms with van der Waals surface area (Å²) in [7, 11) is -4.43. The van der Waals surface area contributed by atoms with Gasteiger partial charge >= 0.3 is 15.6 Å². The molecule has 11 heteroatoms. The van der Waals surface area contributed by atoms with Crippen molar-refractivity contribution in [3.63, 3.8) is 0 Å². The fourth-order valence-electron chi connectivity index (χ4n) is 2.21. The van der Waals surface area contributed by atoms with Crippen molar-refractivity contribution in [2.24, 2.45) is 0 Å². The van der Waals surface area contributed by atoms with Crippen LogP contribution in [0.25, 0.3) is 11.0 Å². The van der Waals surface area contributed by atoms with Crippen LogP contribution in [0.3, 0.4) is 0 Å². The quantitative estimate of drug-likeness (QED) is 0.451. The molecule has 0 atom stereocenters. The average Bonchev–Trinajstić information content (AvgIpc) is 2.65. The lowest BCUT2D eigenvalue weighted by Crippen LogP contribution is -2.28. The maximum Gasteiger partial charge on any atom is 0.534 e. The van der Waals surface area contributed by atoms with Crippen LogP contribution in [0.1, 0.15) is 5.56 Å². The Morgan fingerprint density at radius 1 is 1.04 bits per heavy atom. The van der Waals surface area contributed by atoms with Crippen LogP contribution in [0, 0.1) is 0 Å². The number of benzene rings is 2. The van der Waals surface area contributed by atoms with E-state index in [1.807, 2.05) is 30.3 Å². The van der Waals surface area contributed by atoms with E-state index in [1.54, 1.807) is 0 Å². The fourth-order valence-corrected chi connectivity index (χ4v) is 2.61. The van der Waals surface area contributed by atoms with Crippen LogP contribution >= 0.6 is 0 Å². The van der Waals surface area contributed by atoms with Gasteiger partial charge in [-0.3, -0.25) is 0 Å². The number of halogens is 3. The Balaban J connectivity index is 1.92. The number of alkyl halides is 3. The molecule has 0 radical (unpaired) electrons. The normalized spacial score (nSPS) is 12.0. The second kappa shape index (κ2) is 7.50. The summed E-state index contributed by atoms with van der Waals surface area (Å²) in [4.78, 5) is 7.63. The molecule has 0 aliphatic heterocycles. The highest BCUT2D eigenvalue weighted by molar-refractivity contribution is 7.87. The Bertz CT molecular complexity index is 1090. The molecule has 0 unspecified atom stereocenters. The number of fused-ring (bicyclic) bond motifs is 1. The Hall–Kier alpha value is -3.08. The van der Waals surface area contributed by atoms with E-state index < -0.39 is 21.5 Å². The summed E-state index contributed by atoms with van der Waals surface area (Å²) in [5, 5.41) is 0. The van der Waals surface area contributed by atoms with Gasteiger partial charge in [-0.1, -0.05) is 30.3 Å². The fraction of sp³-hybridized carbons (Fsp3) is 0.176. The zero-order valence-electron chi connectivity index (χ0n) is 14.3. The number of methoxy groups -OCH3 is 1. The lowest BCUT2D eigenvalue weighted by molar-refractivity contribution is -0.0501. The Morgan fingerprint density at radius 2 is 1.71 bits per heavy atom. The molecular formula is C17H13F3N2O5S. The monoisotopic (exact) mass is 414 g/mol. The van der Waals surface area contributed by atoms with Gasteiger partial charge in [-0.2, -0.15) is 21.6 Å². The van der Waals surface area contributed by atoms with Crippen molar-refractivity contribution in [1.82, 2.24) is 9.97 Å². The minimum absolute atomic E-state index is 0.0683. The van der Waals surface area contributed by atoms with Gasteiger partial charge in [0.2, 0.25) is 0 Å². The first kappa shape index (κ1) is 19.7. The van der Waals surface area contributed by atoms with E-state index in [4.69, 9.17) is 9.47 Å². The third kappa shape index (κ3) is 4.25. The maximum absolute atomic E-state index is 12.5. The number of ether oxygens (including phenoxy) is 2. The van der Waals surface area contributed by atoms with Gasteiger partial charge in [0.25, 0.3) is 5.88 Å². The van der Waals surface area contributed by atoms with Crippen molar-refractivity contribution in [2.75, 3.05) is 7.11 Å². The summed E-state index contributed by atoms with van der Waals surface area (Å²) in [6, 6.07) is 12.1. The molecule has 0 N–H and O–H groups in total. The van der Waals surface area contributed by atoms with E-state index in [0.29, 0.717) is 5.75 Å². The van der Waals surface area contributed by atoms with E-state index in [1.165, 1.54) is 19.2 Å². The number of hydrogen-bond donors (Lipinski definition) is 0. The molecule has 0 amide bonds. The Kier molecular flexibility index (Phi) is 5.27.